The second-order valence-electron chi connectivity index (χ2n) is 6.96. The Hall–Kier alpha value is -2.47. The zero-order valence-corrected chi connectivity index (χ0v) is 19.3. The fourth-order valence-electron chi connectivity index (χ4n) is 3.42. The normalized spacial score (nSPS) is 15.1. The third kappa shape index (κ3) is 5.79. The van der Waals surface area contributed by atoms with E-state index in [1.54, 1.807) is 6.26 Å². The van der Waals surface area contributed by atoms with E-state index in [9.17, 15) is 0 Å². The molecule has 0 unspecified atom stereocenters. The number of aliphatic imine (C=N–C) groups is 1. The van der Waals surface area contributed by atoms with Crippen molar-refractivity contribution in [3.8, 4) is 11.4 Å². The summed E-state index contributed by atoms with van der Waals surface area (Å²) in [6, 6.07) is 10.2. The first-order valence-electron chi connectivity index (χ1n) is 9.91. The zero-order chi connectivity index (χ0) is 19.9. The summed E-state index contributed by atoms with van der Waals surface area (Å²) < 4.78 is 4.93. The van der Waals surface area contributed by atoms with Crippen molar-refractivity contribution < 1.29 is 4.52 Å². The van der Waals surface area contributed by atoms with Gasteiger partial charge >= 0.3 is 0 Å². The lowest BCUT2D eigenvalue weighted by molar-refractivity contribution is 0.169. The molecule has 1 fully saturated rings. The molecule has 160 valence electrons. The third-order valence-corrected chi connectivity index (χ3v) is 4.91. The predicted molar refractivity (Wildman–Crippen MR) is 125 cm³/mol. The Labute approximate surface area is 193 Å². The number of aromatic amines is 1. The van der Waals surface area contributed by atoms with Gasteiger partial charge in [0.1, 0.15) is 12.6 Å². The minimum absolute atomic E-state index is 0. The van der Waals surface area contributed by atoms with Gasteiger partial charge in [0.15, 0.2) is 11.8 Å². The smallest absolute Gasteiger partial charge is 0.194 e. The van der Waals surface area contributed by atoms with Gasteiger partial charge in [-0.05, 0) is 18.6 Å². The number of hydrogen-bond donors (Lipinski definition) is 2. The monoisotopic (exact) mass is 522 g/mol. The van der Waals surface area contributed by atoms with Crippen LogP contribution in [-0.4, -0.2) is 68.8 Å². The first-order valence-corrected chi connectivity index (χ1v) is 9.91. The van der Waals surface area contributed by atoms with Crippen LogP contribution in [0.2, 0.25) is 0 Å². The standard InChI is InChI=1S/C20H26N8O.HI/c1-2-21-20(28-9-7-27(8-10-28)14-18-6-11-29-26-18)22-13-16-4-3-5-17(12-16)19-23-15-24-25-19;/h3-6,11-12,15H,2,7-10,13-14H2,1H3,(H,21,22)(H,23,24,25);1H. The van der Waals surface area contributed by atoms with Crippen molar-refractivity contribution in [2.45, 2.75) is 20.0 Å². The molecule has 2 aromatic heterocycles. The Bertz CT molecular complexity index is 905. The lowest BCUT2D eigenvalue weighted by atomic mass is 10.1. The Morgan fingerprint density at radius 2 is 2.10 bits per heavy atom. The molecule has 10 heteroatoms. The lowest BCUT2D eigenvalue weighted by Crippen LogP contribution is -2.52. The van der Waals surface area contributed by atoms with Gasteiger partial charge in [-0.15, -0.1) is 24.0 Å². The van der Waals surface area contributed by atoms with Gasteiger partial charge in [-0.2, -0.15) is 5.10 Å². The van der Waals surface area contributed by atoms with E-state index < -0.39 is 0 Å². The van der Waals surface area contributed by atoms with Gasteiger partial charge in [0.05, 0.1) is 12.2 Å². The molecule has 4 rings (SSSR count). The van der Waals surface area contributed by atoms with Gasteiger partial charge < -0.3 is 14.7 Å². The van der Waals surface area contributed by atoms with E-state index in [1.807, 2.05) is 18.2 Å². The molecule has 0 spiro atoms. The number of halogens is 1. The predicted octanol–water partition coefficient (Wildman–Crippen LogP) is 2.36. The highest BCUT2D eigenvalue weighted by Crippen LogP contribution is 2.16. The molecule has 2 N–H and O–H groups in total. The molecule has 1 aliphatic heterocycles. The maximum Gasteiger partial charge on any atom is 0.194 e. The summed E-state index contributed by atoms with van der Waals surface area (Å²) in [4.78, 5) is 13.8. The summed E-state index contributed by atoms with van der Waals surface area (Å²) in [6.07, 6.45) is 3.14. The van der Waals surface area contributed by atoms with E-state index in [-0.39, 0.29) is 24.0 Å². The quantitative estimate of drug-likeness (QED) is 0.292. The number of aromatic nitrogens is 4. The molecule has 0 bridgehead atoms. The van der Waals surface area contributed by atoms with Crippen LogP contribution in [0.15, 0.2) is 52.4 Å². The van der Waals surface area contributed by atoms with E-state index in [4.69, 9.17) is 9.52 Å². The van der Waals surface area contributed by atoms with Crippen LogP contribution in [0.5, 0.6) is 0 Å². The molecule has 1 saturated heterocycles. The summed E-state index contributed by atoms with van der Waals surface area (Å²) in [6.45, 7) is 8.19. The van der Waals surface area contributed by atoms with Crippen molar-refractivity contribution in [3.05, 3.63) is 54.2 Å². The van der Waals surface area contributed by atoms with Crippen LogP contribution in [0.3, 0.4) is 0 Å². The minimum Gasteiger partial charge on any atom is -0.364 e. The van der Waals surface area contributed by atoms with Gasteiger partial charge in [-0.25, -0.2) is 9.98 Å². The van der Waals surface area contributed by atoms with Crippen LogP contribution in [0.25, 0.3) is 11.4 Å². The van der Waals surface area contributed by atoms with E-state index in [0.29, 0.717) is 6.54 Å². The lowest BCUT2D eigenvalue weighted by Gasteiger charge is -2.36. The minimum atomic E-state index is 0. The SMILES string of the molecule is CCNC(=NCc1cccc(-c2ncn[nH]2)c1)N1CCN(Cc2ccon2)CC1.I. The first-order chi connectivity index (χ1) is 14.3. The Kier molecular flexibility index (Phi) is 8.20. The van der Waals surface area contributed by atoms with E-state index >= 15 is 0 Å². The second-order valence-corrected chi connectivity index (χ2v) is 6.96. The third-order valence-electron chi connectivity index (χ3n) is 4.91. The maximum absolute atomic E-state index is 4.93. The molecular formula is C20H27IN8O. The molecule has 1 aliphatic rings. The molecule has 0 atom stereocenters. The van der Waals surface area contributed by atoms with Crippen LogP contribution in [0.4, 0.5) is 0 Å². The maximum atomic E-state index is 4.93. The molecule has 0 amide bonds. The molecule has 9 nitrogen and oxygen atoms in total. The Balaban J connectivity index is 0.00000256. The number of nitrogens with one attached hydrogen (secondary N) is 2. The van der Waals surface area contributed by atoms with Gasteiger partial charge in [-0.3, -0.25) is 10.00 Å². The molecular weight excluding hydrogens is 495 g/mol. The zero-order valence-electron chi connectivity index (χ0n) is 17.0. The summed E-state index contributed by atoms with van der Waals surface area (Å²) in [5, 5.41) is 14.3. The summed E-state index contributed by atoms with van der Waals surface area (Å²) in [5.41, 5.74) is 3.13. The number of nitrogens with zero attached hydrogens (tertiary/aromatic N) is 6. The molecule has 1 aromatic carbocycles. The molecule has 0 saturated carbocycles. The van der Waals surface area contributed by atoms with Gasteiger partial charge in [0.2, 0.25) is 0 Å². The average molecular weight is 522 g/mol. The number of benzene rings is 1. The van der Waals surface area contributed by atoms with E-state index in [1.165, 1.54) is 6.33 Å². The van der Waals surface area contributed by atoms with Crippen LogP contribution < -0.4 is 5.32 Å². The molecule has 30 heavy (non-hydrogen) atoms. The number of hydrogen-bond acceptors (Lipinski definition) is 6. The average Bonchev–Trinajstić information content (AvgIpc) is 3.46. The molecule has 3 heterocycles. The van der Waals surface area contributed by atoms with Gasteiger partial charge in [-0.1, -0.05) is 23.4 Å². The van der Waals surface area contributed by atoms with Crippen LogP contribution in [-0.2, 0) is 13.1 Å². The second kappa shape index (κ2) is 11.1. The van der Waals surface area contributed by atoms with Crippen molar-refractivity contribution in [1.82, 2.24) is 35.5 Å². The molecule has 0 aliphatic carbocycles. The van der Waals surface area contributed by atoms with Crippen molar-refractivity contribution in [1.29, 1.82) is 0 Å². The molecule has 0 radical (unpaired) electrons. The highest BCUT2D eigenvalue weighted by molar-refractivity contribution is 14.0. The van der Waals surface area contributed by atoms with Crippen molar-refractivity contribution >= 4 is 29.9 Å². The van der Waals surface area contributed by atoms with E-state index in [2.05, 4.69) is 54.5 Å². The fraction of sp³-hybridized carbons (Fsp3) is 0.400. The number of piperazine rings is 1. The first kappa shape index (κ1) is 22.2. The number of rotatable bonds is 6. The number of guanidine groups is 1. The highest BCUT2D eigenvalue weighted by atomic mass is 127. The van der Waals surface area contributed by atoms with Crippen molar-refractivity contribution in [3.63, 3.8) is 0 Å². The van der Waals surface area contributed by atoms with Crippen LogP contribution >= 0.6 is 24.0 Å². The summed E-state index contributed by atoms with van der Waals surface area (Å²) in [7, 11) is 0. The van der Waals surface area contributed by atoms with Crippen LogP contribution in [0.1, 0.15) is 18.2 Å². The summed E-state index contributed by atoms with van der Waals surface area (Å²) >= 11 is 0. The van der Waals surface area contributed by atoms with E-state index in [0.717, 1.165) is 67.9 Å². The van der Waals surface area contributed by atoms with Crippen molar-refractivity contribution in [2.24, 2.45) is 4.99 Å². The molecule has 3 aromatic rings. The van der Waals surface area contributed by atoms with Gasteiger partial charge in [0.25, 0.3) is 0 Å². The van der Waals surface area contributed by atoms with Crippen LogP contribution in [0, 0.1) is 0 Å². The Morgan fingerprint density at radius 1 is 1.23 bits per heavy atom. The highest BCUT2D eigenvalue weighted by Gasteiger charge is 2.20. The number of H-pyrrole nitrogens is 1. The topological polar surface area (TPSA) is 98.5 Å². The van der Waals surface area contributed by atoms with Gasteiger partial charge in [0, 0.05) is 50.9 Å². The fourth-order valence-corrected chi connectivity index (χ4v) is 3.42. The Morgan fingerprint density at radius 3 is 2.80 bits per heavy atom. The largest absolute Gasteiger partial charge is 0.364 e. The van der Waals surface area contributed by atoms with Crippen molar-refractivity contribution in [2.75, 3.05) is 32.7 Å². The summed E-state index contributed by atoms with van der Waals surface area (Å²) in [5.74, 6) is 1.73.